The molecule has 0 saturated heterocycles. The normalized spacial score (nSPS) is 11.8. The van der Waals surface area contributed by atoms with Gasteiger partial charge < -0.3 is 4.74 Å². The van der Waals surface area contributed by atoms with Crippen molar-refractivity contribution in [3.63, 3.8) is 0 Å². The van der Waals surface area contributed by atoms with Crippen molar-refractivity contribution >= 4 is 33.4 Å². The van der Waals surface area contributed by atoms with Crippen molar-refractivity contribution in [1.29, 1.82) is 0 Å². The maximum Gasteiger partial charge on any atom is 0.269 e. The molecule has 12 heteroatoms. The first kappa shape index (κ1) is 27.3. The number of ether oxygens (including phenoxy) is 1. The number of thioether (sulfide) groups is 1. The molecule has 1 heterocycles. The molecule has 196 valence electrons. The summed E-state index contributed by atoms with van der Waals surface area (Å²) < 4.78 is 8.37. The minimum Gasteiger partial charge on any atom is -0.488 e. The van der Waals surface area contributed by atoms with Crippen LogP contribution in [0.2, 0.25) is 0 Å². The summed E-state index contributed by atoms with van der Waals surface area (Å²) in [7, 11) is 0. The molecule has 1 aromatic heterocycles. The lowest BCUT2D eigenvalue weighted by molar-refractivity contribution is -0.479. The highest BCUT2D eigenvalue weighted by Crippen LogP contribution is 2.39. The van der Waals surface area contributed by atoms with Gasteiger partial charge in [0.05, 0.1) is 9.40 Å². The summed E-state index contributed by atoms with van der Waals surface area (Å²) in [6.07, 6.45) is 0. The second-order valence-electron chi connectivity index (χ2n) is 8.66. The van der Waals surface area contributed by atoms with Gasteiger partial charge >= 0.3 is 0 Å². The Hall–Kier alpha value is -3.77. The van der Waals surface area contributed by atoms with Crippen molar-refractivity contribution in [1.82, 2.24) is 14.8 Å². The van der Waals surface area contributed by atoms with Crippen LogP contribution in [-0.2, 0) is 6.61 Å². The predicted octanol–water partition coefficient (Wildman–Crippen LogP) is 6.55. The fourth-order valence-electron chi connectivity index (χ4n) is 3.81. The Morgan fingerprint density at radius 2 is 1.79 bits per heavy atom. The fourth-order valence-corrected chi connectivity index (χ4v) is 5.49. The average molecular weight is 598 g/mol. The van der Waals surface area contributed by atoms with E-state index in [1.807, 2.05) is 43.5 Å². The topological polar surface area (TPSA) is 126 Å². The molecule has 38 heavy (non-hydrogen) atoms. The summed E-state index contributed by atoms with van der Waals surface area (Å²) in [5.74, 6) is 1.20. The van der Waals surface area contributed by atoms with Gasteiger partial charge in [0, 0.05) is 22.7 Å². The first-order valence-corrected chi connectivity index (χ1v) is 13.2. The number of halogens is 1. The number of hydrogen-bond donors (Lipinski definition) is 0. The summed E-state index contributed by atoms with van der Waals surface area (Å²) in [6.45, 7) is 5.73. The number of nitro groups is 2. The van der Waals surface area contributed by atoms with Crippen molar-refractivity contribution in [3.05, 3.63) is 113 Å². The van der Waals surface area contributed by atoms with Gasteiger partial charge in [0.25, 0.3) is 5.69 Å². The number of aromatic nitrogens is 3. The van der Waals surface area contributed by atoms with Gasteiger partial charge in [-0.2, -0.15) is 0 Å². The minimum atomic E-state index is -0.541. The van der Waals surface area contributed by atoms with Gasteiger partial charge in [-0.25, -0.2) is 0 Å². The van der Waals surface area contributed by atoms with Crippen LogP contribution in [0, 0.1) is 41.0 Å². The molecule has 10 nitrogen and oxygen atoms in total. The molecule has 0 bridgehead atoms. The summed E-state index contributed by atoms with van der Waals surface area (Å²) >= 11 is 4.78. The molecule has 0 amide bonds. The SMILES string of the molecule is Cc1ccc(-n2c(C)nnc2S[C@@H](C[N+](=O)[O-])c2ccc(OCc3cccc([N+](=O)[O-])c3)c(Br)c2)cc1C. The first-order valence-electron chi connectivity index (χ1n) is 11.6. The van der Waals surface area contributed by atoms with Gasteiger partial charge in [-0.15, -0.1) is 10.2 Å². The van der Waals surface area contributed by atoms with E-state index in [1.165, 1.54) is 23.9 Å². The van der Waals surface area contributed by atoms with E-state index in [2.05, 4.69) is 26.1 Å². The van der Waals surface area contributed by atoms with Crippen molar-refractivity contribution in [2.75, 3.05) is 6.54 Å². The summed E-state index contributed by atoms with van der Waals surface area (Å²) in [5.41, 5.74) is 4.54. The maximum absolute atomic E-state index is 11.6. The van der Waals surface area contributed by atoms with E-state index in [-0.39, 0.29) is 23.8 Å². The summed E-state index contributed by atoms with van der Waals surface area (Å²) in [5, 5.41) is 31.1. The molecule has 0 fully saturated rings. The number of nitrogens with zero attached hydrogens (tertiary/aromatic N) is 5. The number of aryl methyl sites for hydroxylation is 3. The molecule has 0 aliphatic carbocycles. The maximum atomic E-state index is 11.6. The number of hydrogen-bond acceptors (Lipinski definition) is 8. The number of non-ortho nitro benzene ring substituents is 1. The summed E-state index contributed by atoms with van der Waals surface area (Å²) in [4.78, 5) is 21.8. The lowest BCUT2D eigenvalue weighted by atomic mass is 10.1. The zero-order chi connectivity index (χ0) is 27.4. The lowest BCUT2D eigenvalue weighted by Gasteiger charge is -2.16. The van der Waals surface area contributed by atoms with Crippen molar-refractivity contribution < 1.29 is 14.6 Å². The average Bonchev–Trinajstić information content (AvgIpc) is 3.24. The van der Waals surface area contributed by atoms with Crippen molar-refractivity contribution in [2.24, 2.45) is 0 Å². The largest absolute Gasteiger partial charge is 0.488 e. The molecule has 1 atom stereocenters. The molecule has 0 saturated carbocycles. The molecule has 4 aromatic rings. The van der Waals surface area contributed by atoms with Gasteiger partial charge in [-0.1, -0.05) is 36.0 Å². The third-order valence-electron chi connectivity index (χ3n) is 5.95. The first-order chi connectivity index (χ1) is 18.1. The van der Waals surface area contributed by atoms with Crippen molar-refractivity contribution in [3.8, 4) is 11.4 Å². The Bertz CT molecular complexity index is 1510. The van der Waals surface area contributed by atoms with Gasteiger partial charge in [0.15, 0.2) is 5.16 Å². The second kappa shape index (κ2) is 11.7. The molecule has 0 aliphatic rings. The molecule has 0 unspecified atom stereocenters. The van der Waals surface area contributed by atoms with E-state index in [0.717, 1.165) is 16.8 Å². The van der Waals surface area contributed by atoms with Crippen LogP contribution in [0.4, 0.5) is 5.69 Å². The molecule has 0 spiro atoms. The Labute approximate surface area is 231 Å². The smallest absolute Gasteiger partial charge is 0.269 e. The van der Waals surface area contributed by atoms with Crippen LogP contribution in [0.5, 0.6) is 5.75 Å². The quantitative estimate of drug-likeness (QED) is 0.114. The highest BCUT2D eigenvalue weighted by Gasteiger charge is 2.25. The fraction of sp³-hybridized carbons (Fsp3) is 0.231. The monoisotopic (exact) mass is 597 g/mol. The predicted molar refractivity (Wildman–Crippen MR) is 148 cm³/mol. The van der Waals surface area contributed by atoms with Gasteiger partial charge in [0.2, 0.25) is 6.54 Å². The second-order valence-corrected chi connectivity index (χ2v) is 10.7. The van der Waals surface area contributed by atoms with Crippen LogP contribution >= 0.6 is 27.7 Å². The van der Waals surface area contributed by atoms with Gasteiger partial charge in [-0.05, 0) is 83.2 Å². The van der Waals surface area contributed by atoms with Crippen LogP contribution in [0.15, 0.2) is 70.3 Å². The Kier molecular flexibility index (Phi) is 8.42. The Morgan fingerprint density at radius 1 is 1.00 bits per heavy atom. The Morgan fingerprint density at radius 3 is 2.47 bits per heavy atom. The molecule has 0 aliphatic heterocycles. The standard InChI is InChI=1S/C26H24BrN5O5S/c1-16-7-9-21(11-17(16)2)31-18(3)28-29-26(31)38-25(14-30(33)34)20-8-10-24(23(27)13-20)37-15-19-5-4-6-22(12-19)32(35)36/h4-13,25H,14-15H2,1-3H3/t25-/m0/s1. The molecular formula is C26H24BrN5O5S. The zero-order valence-corrected chi connectivity index (χ0v) is 23.2. The number of rotatable bonds is 10. The van der Waals surface area contributed by atoms with Crippen LogP contribution in [0.1, 0.15) is 33.3 Å². The van der Waals surface area contributed by atoms with E-state index in [4.69, 9.17) is 4.74 Å². The minimum absolute atomic E-state index is 0.0101. The van der Waals surface area contributed by atoms with Crippen LogP contribution < -0.4 is 4.74 Å². The van der Waals surface area contributed by atoms with Gasteiger partial charge in [-0.3, -0.25) is 24.8 Å². The number of benzene rings is 3. The lowest BCUT2D eigenvalue weighted by Crippen LogP contribution is -2.11. The molecule has 3 aromatic carbocycles. The van der Waals surface area contributed by atoms with E-state index in [0.29, 0.717) is 32.3 Å². The third kappa shape index (κ3) is 6.37. The molecule has 4 rings (SSSR count). The third-order valence-corrected chi connectivity index (χ3v) is 7.75. The van der Waals surface area contributed by atoms with E-state index in [9.17, 15) is 20.2 Å². The van der Waals surface area contributed by atoms with E-state index < -0.39 is 10.2 Å². The Balaban J connectivity index is 1.57. The van der Waals surface area contributed by atoms with Crippen LogP contribution in [-0.4, -0.2) is 31.2 Å². The summed E-state index contributed by atoms with van der Waals surface area (Å²) in [6, 6.07) is 17.6. The van der Waals surface area contributed by atoms with E-state index >= 15 is 0 Å². The zero-order valence-electron chi connectivity index (χ0n) is 20.8. The van der Waals surface area contributed by atoms with Crippen LogP contribution in [0.25, 0.3) is 5.69 Å². The highest BCUT2D eigenvalue weighted by molar-refractivity contribution is 9.10. The molecule has 0 radical (unpaired) electrons. The van der Waals surface area contributed by atoms with Crippen molar-refractivity contribution in [2.45, 2.75) is 37.8 Å². The highest BCUT2D eigenvalue weighted by atomic mass is 79.9. The molecule has 0 N–H and O–H groups in total. The van der Waals surface area contributed by atoms with Gasteiger partial charge in [0.1, 0.15) is 23.4 Å². The number of nitro benzene ring substituents is 1. The van der Waals surface area contributed by atoms with Crippen LogP contribution in [0.3, 0.4) is 0 Å². The molecular weight excluding hydrogens is 574 g/mol. The van der Waals surface area contributed by atoms with E-state index in [1.54, 1.807) is 30.3 Å².